The number of likely N-dealkylation sites (tertiary alicyclic amines) is 1. The Morgan fingerprint density at radius 3 is 2.36 bits per heavy atom. The van der Waals surface area contributed by atoms with Crippen molar-refractivity contribution in [1.82, 2.24) is 19.8 Å². The van der Waals surface area contributed by atoms with Crippen LogP contribution in [0.25, 0.3) is 10.9 Å². The summed E-state index contributed by atoms with van der Waals surface area (Å²) in [5.74, 6) is 1.27. The number of benzene rings is 2. The summed E-state index contributed by atoms with van der Waals surface area (Å²) in [6, 6.07) is 12.8. The van der Waals surface area contributed by atoms with E-state index in [1.54, 1.807) is 31.1 Å². The normalized spacial score (nSPS) is 17.0. The second-order valence-electron chi connectivity index (χ2n) is 11.8. The van der Waals surface area contributed by atoms with E-state index >= 15 is 0 Å². The molecule has 1 N–H and O–H groups in total. The Morgan fingerprint density at radius 1 is 0.979 bits per heavy atom. The first kappa shape index (κ1) is 34.0. The molecular weight excluding hydrogens is 620 g/mol. The Hall–Kier alpha value is -4.39. The van der Waals surface area contributed by atoms with Gasteiger partial charge in [0.15, 0.2) is 16.6 Å². The number of methoxy groups -OCH3 is 2. The summed E-state index contributed by atoms with van der Waals surface area (Å²) in [7, 11) is 3.08. The number of hydrogen-bond acceptors (Lipinski definition) is 10. The zero-order chi connectivity index (χ0) is 33.5. The third kappa shape index (κ3) is 8.13. The molecule has 5 rings (SSSR count). The van der Waals surface area contributed by atoms with E-state index in [-0.39, 0.29) is 22.8 Å². The van der Waals surface area contributed by atoms with Crippen LogP contribution in [0.15, 0.2) is 42.5 Å². The number of carbonyl (C=O) groups is 4. The van der Waals surface area contributed by atoms with Gasteiger partial charge in [-0.05, 0) is 30.9 Å². The molecule has 2 fully saturated rings. The van der Waals surface area contributed by atoms with Crippen LogP contribution < -0.4 is 19.7 Å². The summed E-state index contributed by atoms with van der Waals surface area (Å²) < 4.78 is 11.1. The molecule has 0 radical (unpaired) electrons. The van der Waals surface area contributed by atoms with Gasteiger partial charge in [-0.25, -0.2) is 4.98 Å². The monoisotopic (exact) mass is 662 g/mol. The van der Waals surface area contributed by atoms with Crippen LogP contribution in [0.3, 0.4) is 0 Å². The van der Waals surface area contributed by atoms with E-state index in [4.69, 9.17) is 19.4 Å². The molecule has 2 aromatic carbocycles. The fraction of sp³-hybridized carbons (Fsp3) is 0.471. The van der Waals surface area contributed by atoms with Gasteiger partial charge in [0.1, 0.15) is 11.9 Å². The first-order chi connectivity index (χ1) is 22.7. The molecule has 2 unspecified atom stereocenters. The number of nitrogens with one attached hydrogen (secondary N) is 1. The molecule has 1 aromatic heterocycles. The predicted molar refractivity (Wildman–Crippen MR) is 182 cm³/mol. The van der Waals surface area contributed by atoms with E-state index < -0.39 is 12.0 Å². The molecule has 2 aliphatic heterocycles. The van der Waals surface area contributed by atoms with Crippen molar-refractivity contribution in [2.24, 2.45) is 5.92 Å². The number of rotatable bonds is 11. The molecule has 13 heteroatoms. The Morgan fingerprint density at radius 2 is 1.68 bits per heavy atom. The fourth-order valence-corrected chi connectivity index (χ4v) is 6.62. The Balaban J connectivity index is 1.34. The number of aryl methyl sites for hydroxylation is 1. The number of thioether (sulfide) groups is 1. The van der Waals surface area contributed by atoms with E-state index in [0.29, 0.717) is 98.3 Å². The second kappa shape index (κ2) is 15.5. The lowest BCUT2D eigenvalue weighted by Gasteiger charge is -2.35. The lowest BCUT2D eigenvalue weighted by Crippen LogP contribution is -2.49. The Kier molecular flexibility index (Phi) is 11.2. The van der Waals surface area contributed by atoms with Gasteiger partial charge in [0.05, 0.1) is 19.7 Å². The molecule has 2 saturated heterocycles. The number of carbonyl (C=O) groups excluding carboxylic acids is 4. The van der Waals surface area contributed by atoms with Crippen LogP contribution in [0.4, 0.5) is 11.8 Å². The van der Waals surface area contributed by atoms with Gasteiger partial charge in [-0.2, -0.15) is 4.98 Å². The molecule has 12 nitrogen and oxygen atoms in total. The number of hydrogen-bond donors (Lipinski definition) is 1. The van der Waals surface area contributed by atoms with Gasteiger partial charge in [-0.1, -0.05) is 49.0 Å². The van der Waals surface area contributed by atoms with Crippen molar-refractivity contribution >= 4 is 57.3 Å². The highest BCUT2D eigenvalue weighted by atomic mass is 32.2. The minimum absolute atomic E-state index is 0.0464. The maximum atomic E-state index is 13.8. The van der Waals surface area contributed by atoms with Gasteiger partial charge >= 0.3 is 0 Å². The predicted octanol–water partition coefficient (Wildman–Crippen LogP) is 3.77. The van der Waals surface area contributed by atoms with Crippen molar-refractivity contribution in [3.05, 3.63) is 48.0 Å². The van der Waals surface area contributed by atoms with Gasteiger partial charge in [0, 0.05) is 69.2 Å². The Labute approximate surface area is 279 Å². The number of anilines is 2. The maximum absolute atomic E-state index is 13.8. The van der Waals surface area contributed by atoms with Crippen LogP contribution in [-0.4, -0.2) is 101 Å². The highest BCUT2D eigenvalue weighted by molar-refractivity contribution is 8.13. The molecule has 0 bridgehead atoms. The van der Waals surface area contributed by atoms with E-state index in [2.05, 4.69) is 5.32 Å². The smallest absolute Gasteiger partial charge is 0.248 e. The SMILES string of the molecule is COc1cc2nc(N3CCN(C(=O)CCc4ccccc4)CC3)nc(NC(=O)C3CCCN3C(=O)C(C)CSC(C)=O)c2cc1OC. The van der Waals surface area contributed by atoms with Crippen LogP contribution in [0.5, 0.6) is 11.5 Å². The highest BCUT2D eigenvalue weighted by Crippen LogP contribution is 2.35. The Bertz CT molecular complexity index is 1610. The molecule has 0 spiro atoms. The molecule has 3 heterocycles. The van der Waals surface area contributed by atoms with Gasteiger partial charge < -0.3 is 29.5 Å². The molecule has 0 aliphatic carbocycles. The number of ether oxygens (including phenoxy) is 2. The summed E-state index contributed by atoms with van der Waals surface area (Å²) >= 11 is 1.11. The van der Waals surface area contributed by atoms with E-state index in [1.165, 1.54) is 14.0 Å². The second-order valence-corrected chi connectivity index (χ2v) is 13.0. The third-order valence-electron chi connectivity index (χ3n) is 8.61. The average molecular weight is 663 g/mol. The van der Waals surface area contributed by atoms with Crippen molar-refractivity contribution in [2.75, 3.05) is 62.9 Å². The van der Waals surface area contributed by atoms with Crippen LogP contribution in [0, 0.1) is 5.92 Å². The summed E-state index contributed by atoms with van der Waals surface area (Å²) in [5, 5.41) is 3.52. The van der Waals surface area contributed by atoms with Gasteiger partial charge in [-0.15, -0.1) is 0 Å². The van der Waals surface area contributed by atoms with Gasteiger partial charge in [0.25, 0.3) is 0 Å². The number of amides is 3. The summed E-state index contributed by atoms with van der Waals surface area (Å²) in [6.07, 6.45) is 2.37. The van der Waals surface area contributed by atoms with Crippen molar-refractivity contribution in [3.63, 3.8) is 0 Å². The lowest BCUT2D eigenvalue weighted by atomic mass is 10.1. The van der Waals surface area contributed by atoms with E-state index in [1.807, 2.05) is 40.1 Å². The van der Waals surface area contributed by atoms with Gasteiger partial charge in [-0.3, -0.25) is 19.2 Å². The first-order valence-corrected chi connectivity index (χ1v) is 16.9. The van der Waals surface area contributed by atoms with Crippen LogP contribution in [0.1, 0.15) is 38.7 Å². The zero-order valence-electron chi connectivity index (χ0n) is 27.4. The molecule has 0 saturated carbocycles. The molecule has 250 valence electrons. The van der Waals surface area contributed by atoms with E-state index in [9.17, 15) is 19.2 Å². The highest BCUT2D eigenvalue weighted by Gasteiger charge is 2.36. The minimum Gasteiger partial charge on any atom is -0.493 e. The third-order valence-corrected chi connectivity index (χ3v) is 9.69. The van der Waals surface area contributed by atoms with Gasteiger partial charge in [0.2, 0.25) is 23.7 Å². The first-order valence-electron chi connectivity index (χ1n) is 15.9. The van der Waals surface area contributed by atoms with Crippen molar-refractivity contribution in [3.8, 4) is 11.5 Å². The van der Waals surface area contributed by atoms with Crippen LogP contribution in [0.2, 0.25) is 0 Å². The van der Waals surface area contributed by atoms with Crippen molar-refractivity contribution in [2.45, 2.75) is 45.6 Å². The zero-order valence-corrected chi connectivity index (χ0v) is 28.2. The molecular formula is C34H42N6O6S. The summed E-state index contributed by atoms with van der Waals surface area (Å²) in [5.41, 5.74) is 1.69. The van der Waals surface area contributed by atoms with Crippen LogP contribution >= 0.6 is 11.8 Å². The topological polar surface area (TPSA) is 134 Å². The lowest BCUT2D eigenvalue weighted by molar-refractivity contribution is -0.139. The molecule has 47 heavy (non-hydrogen) atoms. The molecule has 2 aliphatic rings. The van der Waals surface area contributed by atoms with Crippen molar-refractivity contribution < 1.29 is 28.7 Å². The quantitative estimate of drug-likeness (QED) is 0.323. The van der Waals surface area contributed by atoms with E-state index in [0.717, 1.165) is 17.3 Å². The van der Waals surface area contributed by atoms with Crippen LogP contribution in [-0.2, 0) is 25.6 Å². The summed E-state index contributed by atoms with van der Waals surface area (Å²) in [4.78, 5) is 66.6. The number of fused-ring (bicyclic) bond motifs is 1. The number of piperazine rings is 1. The molecule has 3 amide bonds. The fourth-order valence-electron chi connectivity index (χ4n) is 5.99. The average Bonchev–Trinajstić information content (AvgIpc) is 3.59. The largest absolute Gasteiger partial charge is 0.493 e. The minimum atomic E-state index is -0.661. The summed E-state index contributed by atoms with van der Waals surface area (Å²) in [6.45, 7) is 5.86. The number of nitrogens with zero attached hydrogens (tertiary/aromatic N) is 5. The standard InChI is InChI=1S/C34H42N6O6S/c1-22(21-47-23(2)41)33(44)40-14-8-11-27(40)32(43)36-31-25-19-28(45-3)29(46-4)20-26(25)35-34(37-31)39-17-15-38(16-18-39)30(42)13-12-24-9-6-5-7-10-24/h5-7,9-10,19-20,22,27H,8,11-18,21H2,1-4H3,(H,35,36,37,43). The molecule has 3 aromatic rings. The number of aromatic nitrogens is 2. The molecule has 2 atom stereocenters. The maximum Gasteiger partial charge on any atom is 0.248 e. The van der Waals surface area contributed by atoms with Crippen molar-refractivity contribution in [1.29, 1.82) is 0 Å².